The van der Waals surface area contributed by atoms with E-state index in [-0.39, 0.29) is 5.82 Å². The molecule has 3 aromatic rings. The zero-order chi connectivity index (χ0) is 13.2. The van der Waals surface area contributed by atoms with Crippen molar-refractivity contribution in [2.24, 2.45) is 0 Å². The Hall–Kier alpha value is -2.49. The molecule has 0 saturated heterocycles. The van der Waals surface area contributed by atoms with Gasteiger partial charge in [0.1, 0.15) is 5.82 Å². The summed E-state index contributed by atoms with van der Waals surface area (Å²) in [6, 6.07) is 14.3. The third-order valence-electron chi connectivity index (χ3n) is 2.97. The van der Waals surface area contributed by atoms with Crippen LogP contribution in [0.5, 0.6) is 0 Å². The van der Waals surface area contributed by atoms with Crippen LogP contribution in [0.1, 0.15) is 5.56 Å². The zero-order valence-corrected chi connectivity index (χ0v) is 10.4. The molecule has 94 valence electrons. The van der Waals surface area contributed by atoms with Gasteiger partial charge in [0.05, 0.1) is 0 Å². The van der Waals surface area contributed by atoms with Crippen molar-refractivity contribution in [3.63, 3.8) is 0 Å². The minimum Gasteiger partial charge on any atom is -0.259 e. The summed E-state index contributed by atoms with van der Waals surface area (Å²) in [6.07, 6.45) is 0. The Kier molecular flexibility index (Phi) is 2.83. The molecule has 0 atom stereocenters. The van der Waals surface area contributed by atoms with E-state index in [2.05, 4.69) is 15.2 Å². The highest BCUT2D eigenvalue weighted by atomic mass is 19.1. The Morgan fingerprint density at radius 2 is 1.84 bits per heavy atom. The standard InChI is InChI=1S/C15H12FN3/c1-10-7-8-12(16)9-13(10)15-17-14(18-19-15)11-5-3-2-4-6-11/h2-9H,1H3,(H,17,18,19). The van der Waals surface area contributed by atoms with Crippen molar-refractivity contribution in [1.29, 1.82) is 0 Å². The molecule has 0 aliphatic rings. The van der Waals surface area contributed by atoms with Gasteiger partial charge in [0.25, 0.3) is 0 Å². The molecule has 19 heavy (non-hydrogen) atoms. The van der Waals surface area contributed by atoms with Gasteiger partial charge in [0, 0.05) is 11.1 Å². The maximum Gasteiger partial charge on any atom is 0.181 e. The highest BCUT2D eigenvalue weighted by molar-refractivity contribution is 5.63. The first-order valence-electron chi connectivity index (χ1n) is 5.98. The van der Waals surface area contributed by atoms with Gasteiger partial charge in [-0.15, -0.1) is 0 Å². The smallest absolute Gasteiger partial charge is 0.181 e. The van der Waals surface area contributed by atoms with Crippen LogP contribution in [0.15, 0.2) is 48.5 Å². The van der Waals surface area contributed by atoms with E-state index in [1.807, 2.05) is 37.3 Å². The largest absolute Gasteiger partial charge is 0.259 e. The Morgan fingerprint density at radius 1 is 1.05 bits per heavy atom. The molecule has 1 heterocycles. The molecule has 0 spiro atoms. The second-order valence-corrected chi connectivity index (χ2v) is 4.33. The Bertz CT molecular complexity index is 704. The van der Waals surface area contributed by atoms with E-state index in [4.69, 9.17) is 0 Å². The van der Waals surface area contributed by atoms with Crippen LogP contribution in [0.4, 0.5) is 4.39 Å². The van der Waals surface area contributed by atoms with Crippen LogP contribution >= 0.6 is 0 Å². The summed E-state index contributed by atoms with van der Waals surface area (Å²) in [4.78, 5) is 4.42. The normalized spacial score (nSPS) is 10.6. The van der Waals surface area contributed by atoms with Crippen LogP contribution in [-0.2, 0) is 0 Å². The van der Waals surface area contributed by atoms with Crippen molar-refractivity contribution in [1.82, 2.24) is 15.2 Å². The minimum absolute atomic E-state index is 0.279. The molecule has 0 unspecified atom stereocenters. The number of hydrogen-bond donors (Lipinski definition) is 1. The van der Waals surface area contributed by atoms with Crippen molar-refractivity contribution < 1.29 is 4.39 Å². The number of halogens is 1. The predicted molar refractivity (Wildman–Crippen MR) is 71.9 cm³/mol. The Morgan fingerprint density at radius 3 is 2.63 bits per heavy atom. The van der Waals surface area contributed by atoms with Crippen molar-refractivity contribution in [2.75, 3.05) is 0 Å². The molecular weight excluding hydrogens is 241 g/mol. The molecule has 0 amide bonds. The maximum atomic E-state index is 13.3. The van der Waals surface area contributed by atoms with Gasteiger partial charge in [-0.25, -0.2) is 9.37 Å². The second kappa shape index (κ2) is 4.65. The third kappa shape index (κ3) is 2.25. The monoisotopic (exact) mass is 253 g/mol. The van der Waals surface area contributed by atoms with E-state index < -0.39 is 0 Å². The van der Waals surface area contributed by atoms with E-state index in [1.54, 1.807) is 6.07 Å². The lowest BCUT2D eigenvalue weighted by molar-refractivity contribution is 0.628. The molecule has 2 aromatic carbocycles. The first-order chi connectivity index (χ1) is 9.24. The predicted octanol–water partition coefficient (Wildman–Crippen LogP) is 3.59. The summed E-state index contributed by atoms with van der Waals surface area (Å²) in [5.41, 5.74) is 2.62. The number of rotatable bonds is 2. The summed E-state index contributed by atoms with van der Waals surface area (Å²) in [7, 11) is 0. The van der Waals surface area contributed by atoms with Crippen molar-refractivity contribution >= 4 is 0 Å². The summed E-state index contributed by atoms with van der Waals surface area (Å²) in [5, 5.41) is 7.04. The van der Waals surface area contributed by atoms with E-state index in [1.165, 1.54) is 12.1 Å². The fraction of sp³-hybridized carbons (Fsp3) is 0.0667. The molecule has 1 N–H and O–H groups in total. The van der Waals surface area contributed by atoms with Gasteiger partial charge in [-0.05, 0) is 24.6 Å². The molecular formula is C15H12FN3. The molecule has 3 rings (SSSR count). The number of hydrogen-bond acceptors (Lipinski definition) is 2. The van der Waals surface area contributed by atoms with Crippen LogP contribution in [0, 0.1) is 12.7 Å². The topological polar surface area (TPSA) is 41.6 Å². The van der Waals surface area contributed by atoms with E-state index in [0.717, 1.165) is 16.7 Å². The van der Waals surface area contributed by atoms with Crippen LogP contribution in [0.25, 0.3) is 22.8 Å². The van der Waals surface area contributed by atoms with Crippen molar-refractivity contribution in [2.45, 2.75) is 6.92 Å². The molecule has 0 bridgehead atoms. The Labute approximate surface area is 110 Å². The molecule has 3 nitrogen and oxygen atoms in total. The van der Waals surface area contributed by atoms with E-state index >= 15 is 0 Å². The van der Waals surface area contributed by atoms with Crippen LogP contribution in [0.3, 0.4) is 0 Å². The van der Waals surface area contributed by atoms with Gasteiger partial charge in [-0.3, -0.25) is 5.10 Å². The molecule has 0 radical (unpaired) electrons. The maximum absolute atomic E-state index is 13.3. The van der Waals surface area contributed by atoms with Crippen molar-refractivity contribution in [3.05, 3.63) is 59.9 Å². The van der Waals surface area contributed by atoms with Gasteiger partial charge in [0.15, 0.2) is 11.6 Å². The highest BCUT2D eigenvalue weighted by Crippen LogP contribution is 2.23. The highest BCUT2D eigenvalue weighted by Gasteiger charge is 2.10. The van der Waals surface area contributed by atoms with Gasteiger partial charge in [-0.2, -0.15) is 5.10 Å². The molecule has 0 fully saturated rings. The molecule has 4 heteroatoms. The number of aromatic nitrogens is 3. The molecule has 0 aliphatic carbocycles. The van der Waals surface area contributed by atoms with Crippen molar-refractivity contribution in [3.8, 4) is 22.8 Å². The number of benzene rings is 2. The average Bonchev–Trinajstić information content (AvgIpc) is 2.92. The van der Waals surface area contributed by atoms with Crippen LogP contribution < -0.4 is 0 Å². The average molecular weight is 253 g/mol. The second-order valence-electron chi connectivity index (χ2n) is 4.33. The van der Waals surface area contributed by atoms with Gasteiger partial charge in [0.2, 0.25) is 0 Å². The van der Waals surface area contributed by atoms with E-state index in [0.29, 0.717) is 11.6 Å². The zero-order valence-electron chi connectivity index (χ0n) is 10.4. The van der Waals surface area contributed by atoms with Gasteiger partial charge < -0.3 is 0 Å². The third-order valence-corrected chi connectivity index (χ3v) is 2.97. The number of aryl methyl sites for hydroxylation is 1. The molecule has 0 saturated carbocycles. The quantitative estimate of drug-likeness (QED) is 0.758. The molecule has 0 aliphatic heterocycles. The van der Waals surface area contributed by atoms with Crippen LogP contribution in [0.2, 0.25) is 0 Å². The first kappa shape index (κ1) is 11.6. The fourth-order valence-electron chi connectivity index (χ4n) is 1.95. The number of nitrogens with one attached hydrogen (secondary N) is 1. The van der Waals surface area contributed by atoms with E-state index in [9.17, 15) is 4.39 Å². The summed E-state index contributed by atoms with van der Waals surface area (Å²) in [6.45, 7) is 1.92. The lowest BCUT2D eigenvalue weighted by Gasteiger charge is -2.01. The van der Waals surface area contributed by atoms with Gasteiger partial charge in [-0.1, -0.05) is 36.4 Å². The summed E-state index contributed by atoms with van der Waals surface area (Å²) in [5.74, 6) is 0.911. The Balaban J connectivity index is 2.04. The number of aromatic amines is 1. The first-order valence-corrected chi connectivity index (χ1v) is 5.98. The molecule has 1 aromatic heterocycles. The number of nitrogens with zero attached hydrogens (tertiary/aromatic N) is 2. The SMILES string of the molecule is Cc1ccc(F)cc1-c1nc(-c2ccccc2)n[nH]1. The number of H-pyrrole nitrogens is 1. The van der Waals surface area contributed by atoms with Gasteiger partial charge >= 0.3 is 0 Å². The summed E-state index contributed by atoms with van der Waals surface area (Å²) < 4.78 is 13.3. The lowest BCUT2D eigenvalue weighted by Crippen LogP contribution is -1.87. The fourth-order valence-corrected chi connectivity index (χ4v) is 1.95. The summed E-state index contributed by atoms with van der Waals surface area (Å²) >= 11 is 0. The van der Waals surface area contributed by atoms with Crippen LogP contribution in [-0.4, -0.2) is 15.2 Å². The minimum atomic E-state index is -0.279. The lowest BCUT2D eigenvalue weighted by atomic mass is 10.1.